The highest BCUT2D eigenvalue weighted by molar-refractivity contribution is 7.92. The summed E-state index contributed by atoms with van der Waals surface area (Å²) in [5, 5.41) is 9.97. The largest absolute Gasteiger partial charge is 0.378 e. The van der Waals surface area contributed by atoms with Gasteiger partial charge in [-0.25, -0.2) is 16.8 Å². The first-order valence-electron chi connectivity index (χ1n) is 12.3. The smallest absolute Gasteiger partial charge is 0.207 e. The number of rotatable bonds is 20. The summed E-state index contributed by atoms with van der Waals surface area (Å²) in [5.74, 6) is -0.0860. The van der Waals surface area contributed by atoms with Gasteiger partial charge in [0.1, 0.15) is 0 Å². The molecule has 0 aromatic heterocycles. The topological polar surface area (TPSA) is 135 Å². The molecule has 2 rings (SSSR count). The van der Waals surface area contributed by atoms with Crippen LogP contribution < -0.4 is 0 Å². The maximum Gasteiger partial charge on any atom is 0.207 e. The van der Waals surface area contributed by atoms with Gasteiger partial charge in [0.15, 0.2) is 15.3 Å². The molecule has 0 aliphatic heterocycles. The standard InChI is InChI=1S/C26H38O10S2/c1-22-3-7-24(8-4-22)37(28,29)20-19-35-16-15-33-12-11-32-13-14-34-17-18-36-21-26(27)38(30,31)25-9-5-23(2)6-10-25/h3-10,26-27H,11-21H2,1-2H3. The lowest BCUT2D eigenvalue weighted by molar-refractivity contribution is -0.0144. The van der Waals surface area contributed by atoms with E-state index in [-0.39, 0.29) is 43.7 Å². The second-order valence-corrected chi connectivity index (χ2v) is 12.7. The molecule has 0 amide bonds. The minimum Gasteiger partial charge on any atom is -0.378 e. The molecule has 0 aliphatic rings. The van der Waals surface area contributed by atoms with Crippen LogP contribution in [0.5, 0.6) is 0 Å². The van der Waals surface area contributed by atoms with Crippen molar-refractivity contribution in [1.82, 2.24) is 0 Å². The van der Waals surface area contributed by atoms with Crippen LogP contribution in [-0.2, 0) is 43.4 Å². The molecule has 1 N–H and O–H groups in total. The molecule has 0 spiro atoms. The molecule has 0 aliphatic carbocycles. The minimum absolute atomic E-state index is 0.0495. The maximum absolute atomic E-state index is 12.3. The molecule has 0 saturated heterocycles. The summed E-state index contributed by atoms with van der Waals surface area (Å²) in [7, 11) is -7.22. The highest BCUT2D eigenvalue weighted by Crippen LogP contribution is 2.16. The summed E-state index contributed by atoms with van der Waals surface area (Å²) in [6.07, 6.45) is 0. The Morgan fingerprint density at radius 1 is 0.579 bits per heavy atom. The predicted molar refractivity (Wildman–Crippen MR) is 142 cm³/mol. The van der Waals surface area contributed by atoms with Gasteiger partial charge < -0.3 is 28.8 Å². The Kier molecular flexibility index (Phi) is 14.4. The van der Waals surface area contributed by atoms with E-state index in [4.69, 9.17) is 23.7 Å². The number of hydrogen-bond donors (Lipinski definition) is 1. The van der Waals surface area contributed by atoms with Crippen LogP contribution in [0.3, 0.4) is 0 Å². The van der Waals surface area contributed by atoms with Crippen molar-refractivity contribution in [2.24, 2.45) is 0 Å². The number of aliphatic hydroxyl groups excluding tert-OH is 1. The molecule has 38 heavy (non-hydrogen) atoms. The van der Waals surface area contributed by atoms with Crippen molar-refractivity contribution in [2.75, 3.05) is 71.8 Å². The van der Waals surface area contributed by atoms with Crippen molar-refractivity contribution in [3.05, 3.63) is 59.7 Å². The van der Waals surface area contributed by atoms with Crippen LogP contribution >= 0.6 is 0 Å². The lowest BCUT2D eigenvalue weighted by Crippen LogP contribution is -2.27. The molecule has 0 radical (unpaired) electrons. The molecule has 0 heterocycles. The molecule has 0 bridgehead atoms. The normalized spacial score (nSPS) is 13.0. The Balaban J connectivity index is 1.38. The third kappa shape index (κ3) is 11.9. The zero-order chi connectivity index (χ0) is 27.9. The summed E-state index contributed by atoms with van der Waals surface area (Å²) in [6, 6.07) is 13.0. The van der Waals surface area contributed by atoms with E-state index >= 15 is 0 Å². The van der Waals surface area contributed by atoms with Gasteiger partial charge in [-0.05, 0) is 38.1 Å². The number of sulfone groups is 2. The molecule has 1 unspecified atom stereocenters. The summed E-state index contributed by atoms with van der Waals surface area (Å²) >= 11 is 0. The van der Waals surface area contributed by atoms with Crippen molar-refractivity contribution in [3.8, 4) is 0 Å². The minimum atomic E-state index is -3.87. The first kappa shape index (κ1) is 32.3. The number of benzene rings is 2. The first-order valence-corrected chi connectivity index (χ1v) is 15.5. The van der Waals surface area contributed by atoms with E-state index in [0.717, 1.165) is 11.1 Å². The number of aryl methyl sites for hydroxylation is 2. The van der Waals surface area contributed by atoms with Crippen LogP contribution in [0, 0.1) is 13.8 Å². The molecule has 214 valence electrons. The van der Waals surface area contributed by atoms with E-state index in [1.807, 2.05) is 13.8 Å². The van der Waals surface area contributed by atoms with Crippen molar-refractivity contribution in [1.29, 1.82) is 0 Å². The summed E-state index contributed by atoms with van der Waals surface area (Å²) in [5.41, 5.74) is 0.280. The van der Waals surface area contributed by atoms with E-state index in [1.54, 1.807) is 36.4 Å². The predicted octanol–water partition coefficient (Wildman–Crippen LogP) is 1.95. The monoisotopic (exact) mass is 574 g/mol. The quantitative estimate of drug-likeness (QED) is 0.234. The highest BCUT2D eigenvalue weighted by Gasteiger charge is 2.25. The van der Waals surface area contributed by atoms with Gasteiger partial charge in [0.25, 0.3) is 0 Å². The summed E-state index contributed by atoms with van der Waals surface area (Å²) in [6.45, 7) is 5.88. The molecular formula is C26H38O10S2. The first-order chi connectivity index (χ1) is 18.1. The van der Waals surface area contributed by atoms with Gasteiger partial charge in [0.2, 0.25) is 9.84 Å². The second kappa shape index (κ2) is 16.9. The third-order valence-electron chi connectivity index (χ3n) is 5.33. The molecule has 0 saturated carbocycles. The average molecular weight is 575 g/mol. The number of ether oxygens (including phenoxy) is 5. The van der Waals surface area contributed by atoms with Crippen molar-refractivity contribution >= 4 is 19.7 Å². The van der Waals surface area contributed by atoms with E-state index in [0.29, 0.717) is 37.9 Å². The Morgan fingerprint density at radius 3 is 1.39 bits per heavy atom. The van der Waals surface area contributed by atoms with Gasteiger partial charge >= 0.3 is 0 Å². The fourth-order valence-electron chi connectivity index (χ4n) is 3.07. The van der Waals surface area contributed by atoms with Gasteiger partial charge in [-0.2, -0.15) is 0 Å². The fraction of sp³-hybridized carbons (Fsp3) is 0.538. The Labute approximate surface area is 225 Å². The third-order valence-corrected chi connectivity index (χ3v) is 8.81. The highest BCUT2D eigenvalue weighted by atomic mass is 32.2. The van der Waals surface area contributed by atoms with Crippen LogP contribution in [0.1, 0.15) is 11.1 Å². The van der Waals surface area contributed by atoms with Gasteiger partial charge in [0, 0.05) is 0 Å². The lowest BCUT2D eigenvalue weighted by Gasteiger charge is -2.13. The molecular weight excluding hydrogens is 536 g/mol. The van der Waals surface area contributed by atoms with Crippen LogP contribution in [-0.4, -0.2) is 99.2 Å². The van der Waals surface area contributed by atoms with Crippen LogP contribution in [0.4, 0.5) is 0 Å². The van der Waals surface area contributed by atoms with Gasteiger partial charge in [-0.15, -0.1) is 0 Å². The summed E-state index contributed by atoms with van der Waals surface area (Å²) in [4.78, 5) is 0.341. The molecule has 2 aromatic rings. The average Bonchev–Trinajstić information content (AvgIpc) is 2.88. The van der Waals surface area contributed by atoms with Gasteiger partial charge in [-0.1, -0.05) is 35.4 Å². The molecule has 1 atom stereocenters. The van der Waals surface area contributed by atoms with Gasteiger partial charge in [-0.3, -0.25) is 0 Å². The van der Waals surface area contributed by atoms with Crippen molar-refractivity contribution in [3.63, 3.8) is 0 Å². The van der Waals surface area contributed by atoms with Crippen molar-refractivity contribution in [2.45, 2.75) is 29.1 Å². The van der Waals surface area contributed by atoms with E-state index in [9.17, 15) is 21.9 Å². The van der Waals surface area contributed by atoms with Crippen molar-refractivity contribution < 1.29 is 45.6 Å². The zero-order valence-electron chi connectivity index (χ0n) is 21.9. The fourth-order valence-corrected chi connectivity index (χ4v) is 5.30. The SMILES string of the molecule is Cc1ccc(S(=O)(=O)CCOCCOCCOCCOCCOCC(O)S(=O)(=O)c2ccc(C)cc2)cc1. The van der Waals surface area contributed by atoms with Crippen LogP contribution in [0.25, 0.3) is 0 Å². The number of aliphatic hydroxyl groups is 1. The summed E-state index contributed by atoms with van der Waals surface area (Å²) < 4.78 is 75.7. The Hall–Kier alpha value is -1.90. The Bertz CT molecular complexity index is 1130. The molecule has 2 aromatic carbocycles. The number of hydrogen-bond acceptors (Lipinski definition) is 10. The molecule has 12 heteroatoms. The van der Waals surface area contributed by atoms with E-state index < -0.39 is 25.1 Å². The van der Waals surface area contributed by atoms with Crippen LogP contribution in [0.2, 0.25) is 0 Å². The van der Waals surface area contributed by atoms with Crippen LogP contribution in [0.15, 0.2) is 58.3 Å². The van der Waals surface area contributed by atoms with Gasteiger partial charge in [0.05, 0.1) is 81.6 Å². The van der Waals surface area contributed by atoms with E-state index in [1.165, 1.54) is 12.1 Å². The molecule has 10 nitrogen and oxygen atoms in total. The zero-order valence-corrected chi connectivity index (χ0v) is 23.5. The second-order valence-electron chi connectivity index (χ2n) is 8.47. The maximum atomic E-state index is 12.3. The molecule has 0 fully saturated rings. The Morgan fingerprint density at radius 2 is 0.947 bits per heavy atom. The lowest BCUT2D eigenvalue weighted by atomic mass is 10.2. The van der Waals surface area contributed by atoms with E-state index in [2.05, 4.69) is 0 Å².